The fraction of sp³-hybridized carbons (Fsp3) is 0.375. The van der Waals surface area contributed by atoms with Crippen LogP contribution in [0.2, 0.25) is 0 Å². The summed E-state index contributed by atoms with van der Waals surface area (Å²) in [6, 6.07) is 11.4. The summed E-state index contributed by atoms with van der Waals surface area (Å²) < 4.78 is 12.7. The molecule has 2 aromatic carbocycles. The smallest absolute Gasteiger partial charge is 0.237 e. The fourth-order valence-corrected chi connectivity index (χ4v) is 6.72. The second-order valence-electron chi connectivity index (χ2n) is 8.11. The van der Waals surface area contributed by atoms with E-state index in [0.29, 0.717) is 11.4 Å². The van der Waals surface area contributed by atoms with Crippen LogP contribution in [0.15, 0.2) is 40.7 Å². The maximum atomic E-state index is 12.9. The van der Waals surface area contributed by atoms with E-state index in [0.717, 1.165) is 57.3 Å². The van der Waals surface area contributed by atoms with E-state index in [9.17, 15) is 9.59 Å². The number of amides is 2. The van der Waals surface area contributed by atoms with Gasteiger partial charge in [0.15, 0.2) is 4.34 Å². The molecule has 1 saturated carbocycles. The number of thiazole rings is 1. The number of anilines is 1. The van der Waals surface area contributed by atoms with E-state index in [1.165, 1.54) is 4.90 Å². The zero-order valence-corrected chi connectivity index (χ0v) is 19.6. The fourth-order valence-electron chi connectivity index (χ4n) is 4.64. The average Bonchev–Trinajstić information content (AvgIpc) is 3.35. The second kappa shape index (κ2) is 8.75. The van der Waals surface area contributed by atoms with Gasteiger partial charge in [-0.2, -0.15) is 0 Å². The summed E-state index contributed by atoms with van der Waals surface area (Å²) >= 11 is 3.20. The van der Waals surface area contributed by atoms with Crippen molar-refractivity contribution in [3.63, 3.8) is 0 Å². The number of ether oxygens (including phenoxy) is 2. The zero-order valence-electron chi connectivity index (χ0n) is 18.0. The predicted octanol–water partition coefficient (Wildman–Crippen LogP) is 5.29. The van der Waals surface area contributed by atoms with Crippen LogP contribution in [-0.2, 0) is 15.3 Å². The Bertz CT molecular complexity index is 1170. The first-order chi connectivity index (χ1) is 15.6. The molecule has 1 aliphatic heterocycles. The zero-order chi connectivity index (χ0) is 22.2. The van der Waals surface area contributed by atoms with Crippen LogP contribution in [0.4, 0.5) is 5.69 Å². The molecule has 0 N–H and O–H groups in total. The molecule has 2 fully saturated rings. The summed E-state index contributed by atoms with van der Waals surface area (Å²) in [7, 11) is 3.31. The number of benzene rings is 2. The Labute approximate surface area is 194 Å². The number of methoxy groups -OCH3 is 2. The van der Waals surface area contributed by atoms with Crippen LogP contribution in [0, 0.1) is 11.8 Å². The number of thioether (sulfide) groups is 1. The third-order valence-corrected chi connectivity index (χ3v) is 8.50. The minimum absolute atomic E-state index is 0.0386. The molecule has 0 spiro atoms. The minimum Gasteiger partial charge on any atom is -0.497 e. The van der Waals surface area contributed by atoms with Crippen molar-refractivity contribution in [2.24, 2.45) is 11.8 Å². The average molecular weight is 469 g/mol. The molecule has 2 heterocycles. The lowest BCUT2D eigenvalue weighted by atomic mass is 9.81. The molecule has 6 nitrogen and oxygen atoms in total. The number of rotatable bonds is 6. The predicted molar refractivity (Wildman–Crippen MR) is 127 cm³/mol. The number of hydrogen-bond acceptors (Lipinski definition) is 7. The lowest BCUT2D eigenvalue weighted by Gasteiger charge is -2.19. The lowest BCUT2D eigenvalue weighted by molar-refractivity contribution is -0.122. The normalized spacial score (nSPS) is 20.6. The van der Waals surface area contributed by atoms with E-state index in [1.807, 2.05) is 36.4 Å². The summed E-state index contributed by atoms with van der Waals surface area (Å²) in [5.74, 6) is 1.94. The standard InChI is InChI=1S/C24H24N2O4S2/c1-29-16-8-10-20(30-2)14(11-16)13-31-24-25-19-9-7-15(12-21(19)32-24)26-22(27)17-5-3-4-6-18(17)23(26)28/h7-12,17-18H,3-6,13H2,1-2H3/t17-,18+. The van der Waals surface area contributed by atoms with Crippen molar-refractivity contribution in [2.75, 3.05) is 19.1 Å². The van der Waals surface area contributed by atoms with Crippen molar-refractivity contribution in [1.82, 2.24) is 4.98 Å². The van der Waals surface area contributed by atoms with Gasteiger partial charge in [0.25, 0.3) is 0 Å². The van der Waals surface area contributed by atoms with Gasteiger partial charge in [0.05, 0.1) is 42.0 Å². The second-order valence-corrected chi connectivity index (χ2v) is 10.4. The van der Waals surface area contributed by atoms with Gasteiger partial charge in [0, 0.05) is 11.3 Å². The molecule has 1 saturated heterocycles. The number of carbonyl (C=O) groups is 2. The third kappa shape index (κ3) is 3.75. The maximum absolute atomic E-state index is 12.9. The van der Waals surface area contributed by atoms with Crippen LogP contribution in [0.1, 0.15) is 31.2 Å². The summed E-state index contributed by atoms with van der Waals surface area (Å²) in [6.07, 6.45) is 3.70. The van der Waals surface area contributed by atoms with Crippen LogP contribution < -0.4 is 14.4 Å². The highest BCUT2D eigenvalue weighted by molar-refractivity contribution is 8.00. The Kier molecular flexibility index (Phi) is 5.82. The summed E-state index contributed by atoms with van der Waals surface area (Å²) in [6.45, 7) is 0. The molecular weight excluding hydrogens is 444 g/mol. The van der Waals surface area contributed by atoms with Crippen molar-refractivity contribution in [3.05, 3.63) is 42.0 Å². The van der Waals surface area contributed by atoms with Crippen molar-refractivity contribution < 1.29 is 19.1 Å². The molecule has 2 amide bonds. The van der Waals surface area contributed by atoms with E-state index < -0.39 is 0 Å². The van der Waals surface area contributed by atoms with E-state index in [2.05, 4.69) is 0 Å². The molecular formula is C24H24N2O4S2. The van der Waals surface area contributed by atoms with Crippen LogP contribution in [0.5, 0.6) is 11.5 Å². The Balaban J connectivity index is 1.37. The summed E-state index contributed by atoms with van der Waals surface area (Å²) in [5.41, 5.74) is 2.57. The Morgan fingerprint density at radius 3 is 2.47 bits per heavy atom. The Morgan fingerprint density at radius 1 is 1.03 bits per heavy atom. The molecule has 1 aromatic heterocycles. The molecule has 0 radical (unpaired) electrons. The van der Waals surface area contributed by atoms with Gasteiger partial charge < -0.3 is 9.47 Å². The van der Waals surface area contributed by atoms with E-state index in [4.69, 9.17) is 14.5 Å². The lowest BCUT2D eigenvalue weighted by Crippen LogP contribution is -2.30. The largest absolute Gasteiger partial charge is 0.497 e. The molecule has 0 bridgehead atoms. The quantitative estimate of drug-likeness (QED) is 0.362. The van der Waals surface area contributed by atoms with Crippen LogP contribution >= 0.6 is 23.1 Å². The first-order valence-corrected chi connectivity index (χ1v) is 12.5. The van der Waals surface area contributed by atoms with Gasteiger partial charge in [-0.05, 0) is 49.2 Å². The molecule has 3 aromatic rings. The number of imide groups is 1. The first-order valence-electron chi connectivity index (χ1n) is 10.7. The molecule has 166 valence electrons. The molecule has 2 atom stereocenters. The SMILES string of the molecule is COc1ccc(OC)c(CSc2nc3ccc(N4C(=O)[C@H]5CCCC[C@H]5C4=O)cc3s2)c1. The van der Waals surface area contributed by atoms with E-state index in [1.54, 1.807) is 37.3 Å². The number of nitrogens with zero attached hydrogens (tertiary/aromatic N) is 2. The van der Waals surface area contributed by atoms with E-state index >= 15 is 0 Å². The molecule has 32 heavy (non-hydrogen) atoms. The molecule has 5 rings (SSSR count). The van der Waals surface area contributed by atoms with Gasteiger partial charge in [0.2, 0.25) is 11.8 Å². The number of aromatic nitrogens is 1. The van der Waals surface area contributed by atoms with Gasteiger partial charge in [-0.1, -0.05) is 24.6 Å². The Hall–Kier alpha value is -2.58. The van der Waals surface area contributed by atoms with Crippen LogP contribution in [0.25, 0.3) is 10.2 Å². The summed E-state index contributed by atoms with van der Waals surface area (Å²) in [5, 5.41) is 0. The third-order valence-electron chi connectivity index (χ3n) is 6.29. The van der Waals surface area contributed by atoms with Crippen LogP contribution in [-0.4, -0.2) is 31.0 Å². The van der Waals surface area contributed by atoms with Gasteiger partial charge in [-0.25, -0.2) is 4.98 Å². The molecule has 8 heteroatoms. The minimum atomic E-state index is -0.141. The van der Waals surface area contributed by atoms with Crippen molar-refractivity contribution in [3.8, 4) is 11.5 Å². The van der Waals surface area contributed by atoms with Gasteiger partial charge in [0.1, 0.15) is 11.5 Å². The van der Waals surface area contributed by atoms with Crippen molar-refractivity contribution in [1.29, 1.82) is 0 Å². The van der Waals surface area contributed by atoms with Crippen molar-refractivity contribution in [2.45, 2.75) is 35.8 Å². The highest BCUT2D eigenvalue weighted by Crippen LogP contribution is 2.41. The monoisotopic (exact) mass is 468 g/mol. The maximum Gasteiger partial charge on any atom is 0.237 e. The van der Waals surface area contributed by atoms with Gasteiger partial charge in [-0.3, -0.25) is 14.5 Å². The number of carbonyl (C=O) groups excluding carboxylic acids is 2. The topological polar surface area (TPSA) is 68.7 Å². The molecule has 1 aliphatic carbocycles. The molecule has 2 aliphatic rings. The summed E-state index contributed by atoms with van der Waals surface area (Å²) in [4.78, 5) is 32.0. The first kappa shape index (κ1) is 21.3. The number of fused-ring (bicyclic) bond motifs is 2. The highest BCUT2D eigenvalue weighted by Gasteiger charge is 2.48. The highest BCUT2D eigenvalue weighted by atomic mass is 32.2. The molecule has 0 unspecified atom stereocenters. The van der Waals surface area contributed by atoms with Crippen LogP contribution in [0.3, 0.4) is 0 Å². The Morgan fingerprint density at radius 2 is 1.78 bits per heavy atom. The van der Waals surface area contributed by atoms with Crippen molar-refractivity contribution >= 4 is 50.8 Å². The van der Waals surface area contributed by atoms with Gasteiger partial charge >= 0.3 is 0 Å². The van der Waals surface area contributed by atoms with Gasteiger partial charge in [-0.15, -0.1) is 11.3 Å². The van der Waals surface area contributed by atoms with E-state index in [-0.39, 0.29) is 23.7 Å². The number of hydrogen-bond donors (Lipinski definition) is 0.